The van der Waals surface area contributed by atoms with Gasteiger partial charge in [-0.2, -0.15) is 0 Å². The van der Waals surface area contributed by atoms with Gasteiger partial charge in [0.2, 0.25) is 5.91 Å². The van der Waals surface area contributed by atoms with E-state index >= 15 is 0 Å². The predicted octanol–water partition coefficient (Wildman–Crippen LogP) is 0.322. The standard InChI is InChI=1S/C13H19N3O2/c1-2-14-12-9-18-8-11(12)13(17)16-7-10-5-3-4-6-15-10/h3-6,11-12,14H,2,7-9H2,1H3,(H,16,17). The summed E-state index contributed by atoms with van der Waals surface area (Å²) in [5.74, 6) is -0.0715. The fourth-order valence-electron chi connectivity index (χ4n) is 2.09. The van der Waals surface area contributed by atoms with Crippen molar-refractivity contribution in [2.45, 2.75) is 19.5 Å². The van der Waals surface area contributed by atoms with Crippen LogP contribution in [0.1, 0.15) is 12.6 Å². The number of ether oxygens (including phenoxy) is 1. The highest BCUT2D eigenvalue weighted by molar-refractivity contribution is 5.79. The second kappa shape index (κ2) is 6.47. The van der Waals surface area contributed by atoms with Crippen LogP contribution in [0.5, 0.6) is 0 Å². The van der Waals surface area contributed by atoms with Crippen LogP contribution >= 0.6 is 0 Å². The van der Waals surface area contributed by atoms with Crippen molar-refractivity contribution in [3.63, 3.8) is 0 Å². The topological polar surface area (TPSA) is 63.2 Å². The van der Waals surface area contributed by atoms with Crippen LogP contribution in [0.4, 0.5) is 0 Å². The van der Waals surface area contributed by atoms with Crippen LogP contribution in [0.25, 0.3) is 0 Å². The van der Waals surface area contributed by atoms with Gasteiger partial charge in [0.05, 0.1) is 31.4 Å². The summed E-state index contributed by atoms with van der Waals surface area (Å²) in [4.78, 5) is 16.2. The van der Waals surface area contributed by atoms with Gasteiger partial charge in [0, 0.05) is 12.2 Å². The van der Waals surface area contributed by atoms with E-state index in [2.05, 4.69) is 15.6 Å². The minimum absolute atomic E-state index is 0.0316. The number of pyridine rings is 1. The lowest BCUT2D eigenvalue weighted by atomic mass is 10.0. The highest BCUT2D eigenvalue weighted by Crippen LogP contribution is 2.13. The van der Waals surface area contributed by atoms with Crippen molar-refractivity contribution in [2.75, 3.05) is 19.8 Å². The maximum atomic E-state index is 12.0. The number of nitrogens with zero attached hydrogens (tertiary/aromatic N) is 1. The van der Waals surface area contributed by atoms with Gasteiger partial charge in [-0.15, -0.1) is 0 Å². The Labute approximate surface area is 107 Å². The van der Waals surface area contributed by atoms with Crippen molar-refractivity contribution in [1.29, 1.82) is 0 Å². The van der Waals surface area contributed by atoms with E-state index < -0.39 is 0 Å². The lowest BCUT2D eigenvalue weighted by molar-refractivity contribution is -0.125. The van der Waals surface area contributed by atoms with Gasteiger partial charge in [0.25, 0.3) is 0 Å². The Hall–Kier alpha value is -1.46. The van der Waals surface area contributed by atoms with E-state index in [0.717, 1.165) is 12.2 Å². The summed E-state index contributed by atoms with van der Waals surface area (Å²) in [7, 11) is 0. The zero-order chi connectivity index (χ0) is 12.8. The Kier molecular flexibility index (Phi) is 4.66. The molecule has 1 aliphatic heterocycles. The molecule has 0 aromatic carbocycles. The molecule has 2 N–H and O–H groups in total. The lowest BCUT2D eigenvalue weighted by Gasteiger charge is -2.17. The molecule has 1 fully saturated rings. The number of carbonyl (C=O) groups is 1. The zero-order valence-corrected chi connectivity index (χ0v) is 10.6. The van der Waals surface area contributed by atoms with Gasteiger partial charge >= 0.3 is 0 Å². The summed E-state index contributed by atoms with van der Waals surface area (Å²) in [6, 6.07) is 5.79. The molecular formula is C13H19N3O2. The van der Waals surface area contributed by atoms with E-state index in [1.165, 1.54) is 0 Å². The molecule has 0 spiro atoms. The number of likely N-dealkylation sites (N-methyl/N-ethyl adjacent to an activating group) is 1. The number of rotatable bonds is 5. The molecule has 0 bridgehead atoms. The summed E-state index contributed by atoms with van der Waals surface area (Å²) in [5, 5.41) is 6.18. The van der Waals surface area contributed by atoms with Crippen LogP contribution in [0.15, 0.2) is 24.4 Å². The number of hydrogen-bond donors (Lipinski definition) is 2. The highest BCUT2D eigenvalue weighted by Gasteiger charge is 2.33. The fraction of sp³-hybridized carbons (Fsp3) is 0.538. The van der Waals surface area contributed by atoms with E-state index in [-0.39, 0.29) is 17.9 Å². The van der Waals surface area contributed by atoms with Crippen LogP contribution < -0.4 is 10.6 Å². The van der Waals surface area contributed by atoms with Crippen LogP contribution in [0.3, 0.4) is 0 Å². The van der Waals surface area contributed by atoms with E-state index in [4.69, 9.17) is 4.74 Å². The maximum absolute atomic E-state index is 12.0. The molecule has 98 valence electrons. The Morgan fingerprint density at radius 3 is 3.11 bits per heavy atom. The summed E-state index contributed by atoms with van der Waals surface area (Å²) in [5.41, 5.74) is 0.866. The number of nitrogens with one attached hydrogen (secondary N) is 2. The predicted molar refractivity (Wildman–Crippen MR) is 67.9 cm³/mol. The molecule has 1 aromatic rings. The molecule has 0 radical (unpaired) electrons. The number of carbonyl (C=O) groups excluding carboxylic acids is 1. The molecule has 1 saturated heterocycles. The average Bonchev–Trinajstić information content (AvgIpc) is 2.86. The van der Waals surface area contributed by atoms with Gasteiger partial charge in [0.1, 0.15) is 0 Å². The summed E-state index contributed by atoms with van der Waals surface area (Å²) in [6.07, 6.45) is 1.72. The molecule has 5 heteroatoms. The Balaban J connectivity index is 1.84. The van der Waals surface area contributed by atoms with Crippen molar-refractivity contribution in [3.05, 3.63) is 30.1 Å². The first-order chi connectivity index (χ1) is 8.81. The van der Waals surface area contributed by atoms with Gasteiger partial charge in [-0.05, 0) is 18.7 Å². The molecular weight excluding hydrogens is 230 g/mol. The van der Waals surface area contributed by atoms with Gasteiger partial charge in [-0.1, -0.05) is 13.0 Å². The summed E-state index contributed by atoms with van der Waals surface area (Å²) < 4.78 is 5.36. The molecule has 18 heavy (non-hydrogen) atoms. The van der Waals surface area contributed by atoms with E-state index in [0.29, 0.717) is 19.8 Å². The molecule has 2 rings (SSSR count). The van der Waals surface area contributed by atoms with Crippen molar-refractivity contribution >= 4 is 5.91 Å². The molecule has 2 heterocycles. The molecule has 2 unspecified atom stereocenters. The minimum atomic E-state index is -0.103. The van der Waals surface area contributed by atoms with Crippen molar-refractivity contribution in [1.82, 2.24) is 15.6 Å². The molecule has 1 aliphatic rings. The quantitative estimate of drug-likeness (QED) is 0.789. The van der Waals surface area contributed by atoms with E-state index in [1.54, 1.807) is 6.20 Å². The average molecular weight is 249 g/mol. The van der Waals surface area contributed by atoms with E-state index in [9.17, 15) is 4.79 Å². The zero-order valence-electron chi connectivity index (χ0n) is 10.6. The third-order valence-electron chi connectivity index (χ3n) is 3.05. The largest absolute Gasteiger partial charge is 0.379 e. The van der Waals surface area contributed by atoms with Crippen LogP contribution in [0.2, 0.25) is 0 Å². The minimum Gasteiger partial charge on any atom is -0.379 e. The van der Waals surface area contributed by atoms with E-state index in [1.807, 2.05) is 25.1 Å². The molecule has 5 nitrogen and oxygen atoms in total. The Morgan fingerprint density at radius 1 is 1.50 bits per heavy atom. The second-order valence-electron chi connectivity index (χ2n) is 4.35. The van der Waals surface area contributed by atoms with Gasteiger partial charge < -0.3 is 15.4 Å². The highest BCUT2D eigenvalue weighted by atomic mass is 16.5. The lowest BCUT2D eigenvalue weighted by Crippen LogP contribution is -2.43. The fourth-order valence-corrected chi connectivity index (χ4v) is 2.09. The molecule has 0 aliphatic carbocycles. The number of hydrogen-bond acceptors (Lipinski definition) is 4. The SMILES string of the molecule is CCNC1COCC1C(=O)NCc1ccccn1. The summed E-state index contributed by atoms with van der Waals surface area (Å²) in [6.45, 7) is 4.44. The first-order valence-electron chi connectivity index (χ1n) is 6.30. The van der Waals surface area contributed by atoms with Gasteiger partial charge in [0.15, 0.2) is 0 Å². The van der Waals surface area contributed by atoms with Crippen LogP contribution in [0, 0.1) is 5.92 Å². The number of amides is 1. The van der Waals surface area contributed by atoms with Gasteiger partial charge in [-0.3, -0.25) is 9.78 Å². The first kappa shape index (κ1) is 13.0. The third-order valence-corrected chi connectivity index (χ3v) is 3.05. The van der Waals surface area contributed by atoms with Crippen LogP contribution in [-0.4, -0.2) is 36.7 Å². The molecule has 0 saturated carbocycles. The smallest absolute Gasteiger partial charge is 0.227 e. The maximum Gasteiger partial charge on any atom is 0.227 e. The summed E-state index contributed by atoms with van der Waals surface area (Å²) >= 11 is 0. The van der Waals surface area contributed by atoms with Crippen LogP contribution in [-0.2, 0) is 16.1 Å². The Morgan fingerprint density at radius 2 is 2.39 bits per heavy atom. The monoisotopic (exact) mass is 249 g/mol. The first-order valence-corrected chi connectivity index (χ1v) is 6.30. The molecule has 1 aromatic heterocycles. The van der Waals surface area contributed by atoms with Gasteiger partial charge in [-0.25, -0.2) is 0 Å². The van der Waals surface area contributed by atoms with Crippen molar-refractivity contribution in [3.8, 4) is 0 Å². The Bertz CT molecular complexity index is 383. The van der Waals surface area contributed by atoms with Crippen molar-refractivity contribution < 1.29 is 9.53 Å². The molecule has 2 atom stereocenters. The molecule has 1 amide bonds. The third kappa shape index (κ3) is 3.27. The number of aromatic nitrogens is 1. The van der Waals surface area contributed by atoms with Crippen molar-refractivity contribution in [2.24, 2.45) is 5.92 Å². The normalized spacial score (nSPS) is 22.9. The second-order valence-corrected chi connectivity index (χ2v) is 4.35.